The fraction of sp³-hybridized carbons (Fsp3) is 0.385. The van der Waals surface area contributed by atoms with Crippen molar-refractivity contribution in [3.63, 3.8) is 0 Å². The van der Waals surface area contributed by atoms with Gasteiger partial charge in [-0.2, -0.15) is 0 Å². The molecule has 0 saturated carbocycles. The number of carbonyl (C=O) groups is 2. The van der Waals surface area contributed by atoms with Gasteiger partial charge >= 0.3 is 5.97 Å². The van der Waals surface area contributed by atoms with Gasteiger partial charge in [-0.05, 0) is 34.1 Å². The average molecular weight is 343 g/mol. The van der Waals surface area contributed by atoms with Crippen molar-refractivity contribution >= 4 is 33.5 Å². The summed E-state index contributed by atoms with van der Waals surface area (Å²) < 4.78 is 5.79. The van der Waals surface area contributed by atoms with Gasteiger partial charge < -0.3 is 20.5 Å². The topological polar surface area (TPSA) is 92.9 Å². The number of carboxylic acids is 1. The van der Waals surface area contributed by atoms with Gasteiger partial charge in [0.2, 0.25) is 5.91 Å². The Morgan fingerprint density at radius 3 is 2.70 bits per heavy atom. The van der Waals surface area contributed by atoms with Crippen LogP contribution in [0.4, 0.5) is 5.69 Å². The Morgan fingerprint density at radius 2 is 2.20 bits per heavy atom. The van der Waals surface area contributed by atoms with Gasteiger partial charge in [-0.25, -0.2) is 4.79 Å². The summed E-state index contributed by atoms with van der Waals surface area (Å²) in [6, 6.07) is 4.35. The summed E-state index contributed by atoms with van der Waals surface area (Å²) in [5, 5.41) is 9.29. The normalized spacial score (nSPS) is 22.0. The largest absolute Gasteiger partial charge is 0.480 e. The monoisotopic (exact) mass is 342 g/mol. The molecule has 0 aliphatic carbocycles. The number of anilines is 1. The molecule has 1 fully saturated rings. The lowest BCUT2D eigenvalue weighted by Gasteiger charge is -2.24. The van der Waals surface area contributed by atoms with Crippen LogP contribution in [0.5, 0.6) is 0 Å². The number of ether oxygens (including phenoxy) is 1. The summed E-state index contributed by atoms with van der Waals surface area (Å²) in [6.45, 7) is 0.496. The SMILES string of the molecule is COC1CC(C(=O)O)N(c2ccc(C(N)=O)c(Br)c2)C1. The predicted octanol–water partition coefficient (Wildman–Crippen LogP) is 1.23. The highest BCUT2D eigenvalue weighted by molar-refractivity contribution is 9.10. The van der Waals surface area contributed by atoms with Crippen molar-refractivity contribution in [2.75, 3.05) is 18.6 Å². The maximum Gasteiger partial charge on any atom is 0.326 e. The zero-order valence-corrected chi connectivity index (χ0v) is 12.5. The minimum atomic E-state index is -0.889. The van der Waals surface area contributed by atoms with Crippen LogP contribution in [0, 0.1) is 0 Å². The second kappa shape index (κ2) is 5.80. The highest BCUT2D eigenvalue weighted by Gasteiger charge is 2.37. The van der Waals surface area contributed by atoms with Crippen molar-refractivity contribution < 1.29 is 19.4 Å². The number of benzene rings is 1. The van der Waals surface area contributed by atoms with Crippen molar-refractivity contribution in [1.29, 1.82) is 0 Å². The number of aliphatic carboxylic acids is 1. The number of rotatable bonds is 4. The van der Waals surface area contributed by atoms with Crippen LogP contribution in [0.2, 0.25) is 0 Å². The summed E-state index contributed by atoms with van der Waals surface area (Å²) in [5.41, 5.74) is 6.32. The summed E-state index contributed by atoms with van der Waals surface area (Å²) in [6.07, 6.45) is 0.312. The van der Waals surface area contributed by atoms with E-state index < -0.39 is 17.9 Å². The fourth-order valence-corrected chi connectivity index (χ4v) is 2.93. The minimum Gasteiger partial charge on any atom is -0.480 e. The molecule has 1 aromatic rings. The molecule has 2 unspecified atom stereocenters. The summed E-state index contributed by atoms with van der Waals surface area (Å²) in [7, 11) is 1.57. The number of primary amides is 1. The molecule has 6 nitrogen and oxygen atoms in total. The maximum absolute atomic E-state index is 11.3. The van der Waals surface area contributed by atoms with Gasteiger partial charge in [0.1, 0.15) is 6.04 Å². The number of halogens is 1. The standard InChI is InChI=1S/C13H15BrN2O4/c1-20-8-5-11(13(18)19)16(6-8)7-2-3-9(12(15)17)10(14)4-7/h2-4,8,11H,5-6H2,1H3,(H2,15,17)(H,18,19). The molecule has 2 rings (SSSR count). The molecule has 108 valence electrons. The average Bonchev–Trinajstić information content (AvgIpc) is 2.82. The first-order valence-corrected chi connectivity index (χ1v) is 6.85. The van der Waals surface area contributed by atoms with E-state index in [2.05, 4.69) is 15.9 Å². The Morgan fingerprint density at radius 1 is 1.50 bits per heavy atom. The number of methoxy groups -OCH3 is 1. The molecule has 7 heteroatoms. The molecule has 1 aliphatic heterocycles. The molecule has 1 aliphatic rings. The Hall–Kier alpha value is -1.60. The molecule has 0 spiro atoms. The summed E-state index contributed by atoms with van der Waals surface area (Å²) in [5.74, 6) is -1.42. The van der Waals surface area contributed by atoms with Gasteiger partial charge in [0, 0.05) is 30.2 Å². The van der Waals surface area contributed by atoms with Crippen LogP contribution in [0.1, 0.15) is 16.8 Å². The van der Waals surface area contributed by atoms with Crippen molar-refractivity contribution in [3.05, 3.63) is 28.2 Å². The minimum absolute atomic E-state index is 0.120. The first-order valence-electron chi connectivity index (χ1n) is 6.05. The van der Waals surface area contributed by atoms with E-state index in [0.29, 0.717) is 28.7 Å². The van der Waals surface area contributed by atoms with Crippen LogP contribution in [0.3, 0.4) is 0 Å². The molecule has 2 atom stereocenters. The third-order valence-electron chi connectivity index (χ3n) is 3.43. The third-order valence-corrected chi connectivity index (χ3v) is 4.09. The van der Waals surface area contributed by atoms with E-state index in [1.54, 1.807) is 30.2 Å². The van der Waals surface area contributed by atoms with E-state index in [-0.39, 0.29) is 6.10 Å². The molecular formula is C13H15BrN2O4. The predicted molar refractivity (Wildman–Crippen MR) is 76.8 cm³/mol. The highest BCUT2D eigenvalue weighted by atomic mass is 79.9. The Labute approximate surface area is 124 Å². The number of hydrogen-bond donors (Lipinski definition) is 2. The van der Waals surface area contributed by atoms with Gasteiger partial charge in [0.15, 0.2) is 0 Å². The van der Waals surface area contributed by atoms with E-state index in [9.17, 15) is 14.7 Å². The van der Waals surface area contributed by atoms with Crippen LogP contribution >= 0.6 is 15.9 Å². The highest BCUT2D eigenvalue weighted by Crippen LogP contribution is 2.30. The van der Waals surface area contributed by atoms with Crippen molar-refractivity contribution in [3.8, 4) is 0 Å². The molecule has 1 aromatic carbocycles. The van der Waals surface area contributed by atoms with Crippen LogP contribution in [-0.2, 0) is 9.53 Å². The van der Waals surface area contributed by atoms with Gasteiger partial charge in [-0.1, -0.05) is 0 Å². The lowest BCUT2D eigenvalue weighted by molar-refractivity contribution is -0.138. The molecule has 0 bridgehead atoms. The van der Waals surface area contributed by atoms with Gasteiger partial charge in [-0.15, -0.1) is 0 Å². The van der Waals surface area contributed by atoms with Crippen LogP contribution < -0.4 is 10.6 Å². The number of carboxylic acid groups (broad SMARTS) is 1. The summed E-state index contributed by atoms with van der Waals surface area (Å²) in [4.78, 5) is 24.3. The van der Waals surface area contributed by atoms with Gasteiger partial charge in [-0.3, -0.25) is 4.79 Å². The first-order chi connectivity index (χ1) is 9.43. The molecule has 1 amide bonds. The Balaban J connectivity index is 2.32. The second-order valence-electron chi connectivity index (χ2n) is 4.63. The molecule has 0 aromatic heterocycles. The number of nitrogens with two attached hydrogens (primary N) is 1. The first kappa shape index (κ1) is 14.8. The van der Waals surface area contributed by atoms with Crippen LogP contribution in [0.25, 0.3) is 0 Å². The van der Waals surface area contributed by atoms with Crippen LogP contribution in [-0.4, -0.2) is 42.8 Å². The van der Waals surface area contributed by atoms with E-state index in [1.165, 1.54) is 0 Å². The van der Waals surface area contributed by atoms with Crippen molar-refractivity contribution in [2.45, 2.75) is 18.6 Å². The molecule has 20 heavy (non-hydrogen) atoms. The number of carbonyl (C=O) groups excluding carboxylic acids is 1. The summed E-state index contributed by atoms with van der Waals surface area (Å²) >= 11 is 3.28. The van der Waals surface area contributed by atoms with Gasteiger partial charge in [0.05, 0.1) is 11.7 Å². The smallest absolute Gasteiger partial charge is 0.326 e. The quantitative estimate of drug-likeness (QED) is 0.858. The van der Waals surface area contributed by atoms with E-state index in [0.717, 1.165) is 0 Å². The van der Waals surface area contributed by atoms with E-state index >= 15 is 0 Å². The van der Waals surface area contributed by atoms with E-state index in [1.807, 2.05) is 0 Å². The Kier molecular flexibility index (Phi) is 4.29. The third kappa shape index (κ3) is 2.78. The molecule has 1 saturated heterocycles. The lowest BCUT2D eigenvalue weighted by atomic mass is 10.1. The van der Waals surface area contributed by atoms with Crippen molar-refractivity contribution in [1.82, 2.24) is 0 Å². The van der Waals surface area contributed by atoms with Gasteiger partial charge in [0.25, 0.3) is 0 Å². The number of nitrogens with zero attached hydrogens (tertiary/aromatic N) is 1. The fourth-order valence-electron chi connectivity index (χ4n) is 2.37. The second-order valence-corrected chi connectivity index (χ2v) is 5.48. The van der Waals surface area contributed by atoms with Crippen molar-refractivity contribution in [2.24, 2.45) is 5.73 Å². The molecular weight excluding hydrogens is 328 g/mol. The zero-order chi connectivity index (χ0) is 14.9. The zero-order valence-electron chi connectivity index (χ0n) is 10.9. The van der Waals surface area contributed by atoms with Crippen LogP contribution in [0.15, 0.2) is 22.7 Å². The molecule has 0 radical (unpaired) electrons. The maximum atomic E-state index is 11.3. The van der Waals surface area contributed by atoms with E-state index in [4.69, 9.17) is 10.5 Å². The molecule has 3 N–H and O–H groups in total. The molecule has 1 heterocycles. The lowest BCUT2D eigenvalue weighted by Crippen LogP contribution is -2.36. The number of hydrogen-bond acceptors (Lipinski definition) is 4. The Bertz CT molecular complexity index is 549. The number of amides is 1.